The maximum atomic E-state index is 13.5. The van der Waals surface area contributed by atoms with Gasteiger partial charge >= 0.3 is 0 Å². The number of amides is 3. The van der Waals surface area contributed by atoms with Crippen molar-refractivity contribution in [1.29, 1.82) is 0 Å². The first-order valence-electron chi connectivity index (χ1n) is 10.9. The summed E-state index contributed by atoms with van der Waals surface area (Å²) in [5, 5.41) is 4.59. The number of carbonyl (C=O) groups is 3. The summed E-state index contributed by atoms with van der Waals surface area (Å²) in [6.45, 7) is 5.26. The molecule has 33 heavy (non-hydrogen) atoms. The van der Waals surface area contributed by atoms with Crippen LogP contribution in [0.4, 0.5) is 10.1 Å². The minimum absolute atomic E-state index is 0.0880. The van der Waals surface area contributed by atoms with E-state index in [1.165, 1.54) is 21.9 Å². The van der Waals surface area contributed by atoms with Gasteiger partial charge < -0.3 is 10.2 Å². The van der Waals surface area contributed by atoms with E-state index in [1.807, 2.05) is 44.2 Å². The molecular weight excluding hydrogens is 421 g/mol. The fourth-order valence-electron chi connectivity index (χ4n) is 4.14. The van der Waals surface area contributed by atoms with Gasteiger partial charge in [0.05, 0.1) is 5.69 Å². The molecule has 4 rings (SSSR count). The molecule has 170 valence electrons. The van der Waals surface area contributed by atoms with E-state index >= 15 is 0 Å². The highest BCUT2D eigenvalue weighted by Gasteiger charge is 2.34. The van der Waals surface area contributed by atoms with Crippen LogP contribution >= 0.6 is 0 Å². The van der Waals surface area contributed by atoms with Crippen molar-refractivity contribution in [3.8, 4) is 0 Å². The molecule has 0 saturated heterocycles. The van der Waals surface area contributed by atoms with E-state index in [0.717, 1.165) is 10.8 Å². The molecule has 3 aromatic carbocycles. The monoisotopic (exact) mass is 447 g/mol. The number of benzene rings is 3. The summed E-state index contributed by atoms with van der Waals surface area (Å²) >= 11 is 0. The van der Waals surface area contributed by atoms with Crippen molar-refractivity contribution in [2.24, 2.45) is 0 Å². The lowest BCUT2D eigenvalue weighted by atomic mass is 10.1. The lowest BCUT2D eigenvalue weighted by Gasteiger charge is -2.31. The first kappa shape index (κ1) is 22.5. The van der Waals surface area contributed by atoms with Gasteiger partial charge in [0, 0.05) is 23.5 Å². The number of anilines is 1. The van der Waals surface area contributed by atoms with Crippen molar-refractivity contribution >= 4 is 34.2 Å². The summed E-state index contributed by atoms with van der Waals surface area (Å²) in [6.07, 6.45) is 0. The first-order chi connectivity index (χ1) is 15.8. The number of halogens is 1. The minimum Gasteiger partial charge on any atom is -0.352 e. The highest BCUT2D eigenvalue weighted by molar-refractivity contribution is 6.26. The van der Waals surface area contributed by atoms with E-state index in [1.54, 1.807) is 25.1 Å². The topological polar surface area (TPSA) is 69.7 Å². The normalized spacial score (nSPS) is 13.5. The molecule has 1 unspecified atom stereocenters. The molecular formula is C26H26FN3O3. The van der Waals surface area contributed by atoms with Gasteiger partial charge in [-0.2, -0.15) is 0 Å². The third-order valence-electron chi connectivity index (χ3n) is 5.81. The maximum absolute atomic E-state index is 13.5. The van der Waals surface area contributed by atoms with Crippen LogP contribution in [0, 0.1) is 5.82 Å². The second kappa shape index (κ2) is 9.02. The smallest absolute Gasteiger partial charge is 0.259 e. The average molecular weight is 448 g/mol. The molecule has 1 heterocycles. The van der Waals surface area contributed by atoms with Gasteiger partial charge in [-0.25, -0.2) is 4.39 Å². The van der Waals surface area contributed by atoms with E-state index < -0.39 is 6.04 Å². The molecule has 3 amide bonds. The van der Waals surface area contributed by atoms with Crippen LogP contribution in [0.25, 0.3) is 10.8 Å². The molecule has 0 aliphatic carbocycles. The van der Waals surface area contributed by atoms with Gasteiger partial charge in [0.2, 0.25) is 11.8 Å². The SMILES string of the molecule is CC(C)NC(=O)C(C)N(Cc1ccc(F)cc1)C(=O)CN1C(=O)c2cccc3cccc1c23. The molecule has 0 saturated carbocycles. The molecule has 0 fully saturated rings. The van der Waals surface area contributed by atoms with Crippen LogP contribution in [0.3, 0.4) is 0 Å². The molecule has 1 atom stereocenters. The zero-order chi connectivity index (χ0) is 23.7. The summed E-state index contributed by atoms with van der Waals surface area (Å²) in [5.74, 6) is -1.28. The van der Waals surface area contributed by atoms with Gasteiger partial charge in [-0.3, -0.25) is 19.3 Å². The maximum Gasteiger partial charge on any atom is 0.259 e. The van der Waals surface area contributed by atoms with Crippen LogP contribution in [0.15, 0.2) is 60.7 Å². The summed E-state index contributed by atoms with van der Waals surface area (Å²) in [4.78, 5) is 42.2. The van der Waals surface area contributed by atoms with Crippen LogP contribution < -0.4 is 10.2 Å². The number of rotatable bonds is 7. The van der Waals surface area contributed by atoms with E-state index in [0.29, 0.717) is 16.8 Å². The zero-order valence-electron chi connectivity index (χ0n) is 18.8. The summed E-state index contributed by atoms with van der Waals surface area (Å²) < 4.78 is 13.4. The third kappa shape index (κ3) is 4.44. The lowest BCUT2D eigenvalue weighted by Crippen LogP contribution is -2.51. The largest absolute Gasteiger partial charge is 0.352 e. The molecule has 0 bridgehead atoms. The van der Waals surface area contributed by atoms with Crippen molar-refractivity contribution < 1.29 is 18.8 Å². The molecule has 0 spiro atoms. The number of nitrogens with one attached hydrogen (secondary N) is 1. The first-order valence-corrected chi connectivity index (χ1v) is 10.9. The standard InChI is InChI=1S/C26H26FN3O3/c1-16(2)28-25(32)17(3)29(14-18-10-12-20(27)13-11-18)23(31)15-30-22-9-5-7-19-6-4-8-21(24(19)22)26(30)33/h4-13,16-17H,14-15H2,1-3H3,(H,28,32). The van der Waals surface area contributed by atoms with Crippen molar-refractivity contribution in [3.63, 3.8) is 0 Å². The molecule has 1 aliphatic rings. The van der Waals surface area contributed by atoms with Crippen LogP contribution in [-0.4, -0.2) is 41.2 Å². The Morgan fingerprint density at radius 2 is 1.67 bits per heavy atom. The fraction of sp³-hybridized carbons (Fsp3) is 0.269. The van der Waals surface area contributed by atoms with Gasteiger partial charge in [0.1, 0.15) is 18.4 Å². The second-order valence-electron chi connectivity index (χ2n) is 8.56. The quantitative estimate of drug-likeness (QED) is 0.598. The van der Waals surface area contributed by atoms with Crippen molar-refractivity contribution in [1.82, 2.24) is 10.2 Å². The van der Waals surface area contributed by atoms with Crippen molar-refractivity contribution in [2.45, 2.75) is 39.4 Å². The molecule has 3 aromatic rings. The van der Waals surface area contributed by atoms with Gasteiger partial charge in [-0.1, -0.05) is 36.4 Å². The highest BCUT2D eigenvalue weighted by atomic mass is 19.1. The fourth-order valence-corrected chi connectivity index (χ4v) is 4.14. The Bertz CT molecular complexity index is 1220. The lowest BCUT2D eigenvalue weighted by molar-refractivity contribution is -0.139. The summed E-state index contributed by atoms with van der Waals surface area (Å²) in [6, 6.07) is 16.1. The summed E-state index contributed by atoms with van der Waals surface area (Å²) in [5.41, 5.74) is 1.93. The second-order valence-corrected chi connectivity index (χ2v) is 8.56. The van der Waals surface area contributed by atoms with E-state index in [-0.39, 0.29) is 42.7 Å². The number of hydrogen-bond donors (Lipinski definition) is 1. The van der Waals surface area contributed by atoms with Crippen molar-refractivity contribution in [3.05, 3.63) is 77.6 Å². The number of carbonyl (C=O) groups excluding carboxylic acids is 3. The Morgan fingerprint density at radius 3 is 2.33 bits per heavy atom. The molecule has 1 aliphatic heterocycles. The van der Waals surface area contributed by atoms with Crippen molar-refractivity contribution in [2.75, 3.05) is 11.4 Å². The third-order valence-corrected chi connectivity index (χ3v) is 5.81. The Morgan fingerprint density at radius 1 is 1.00 bits per heavy atom. The van der Waals surface area contributed by atoms with E-state index in [2.05, 4.69) is 5.32 Å². The molecule has 7 heteroatoms. The van der Waals surface area contributed by atoms with E-state index in [9.17, 15) is 18.8 Å². The molecule has 0 aromatic heterocycles. The van der Waals surface area contributed by atoms with Gasteiger partial charge in [0.25, 0.3) is 5.91 Å². The predicted octanol–water partition coefficient (Wildman–Crippen LogP) is 3.88. The van der Waals surface area contributed by atoms with Crippen LogP contribution in [-0.2, 0) is 16.1 Å². The number of nitrogens with zero attached hydrogens (tertiary/aromatic N) is 2. The molecule has 1 N–H and O–H groups in total. The van der Waals surface area contributed by atoms with Crippen LogP contribution in [0.5, 0.6) is 0 Å². The Labute approximate surface area is 192 Å². The molecule has 0 radical (unpaired) electrons. The predicted molar refractivity (Wildman–Crippen MR) is 125 cm³/mol. The van der Waals surface area contributed by atoms with Gasteiger partial charge in [-0.15, -0.1) is 0 Å². The Hall–Kier alpha value is -3.74. The summed E-state index contributed by atoms with van der Waals surface area (Å²) in [7, 11) is 0. The average Bonchev–Trinajstić information content (AvgIpc) is 3.05. The number of hydrogen-bond acceptors (Lipinski definition) is 3. The van der Waals surface area contributed by atoms with Gasteiger partial charge in [0.15, 0.2) is 0 Å². The van der Waals surface area contributed by atoms with E-state index in [4.69, 9.17) is 0 Å². The van der Waals surface area contributed by atoms with Crippen LogP contribution in [0.2, 0.25) is 0 Å². The molecule has 6 nitrogen and oxygen atoms in total. The zero-order valence-corrected chi connectivity index (χ0v) is 18.8. The minimum atomic E-state index is -0.777. The Balaban J connectivity index is 1.62. The van der Waals surface area contributed by atoms with Crippen LogP contribution in [0.1, 0.15) is 36.7 Å². The van der Waals surface area contributed by atoms with Gasteiger partial charge in [-0.05, 0) is 56.0 Å². The Kier molecular flexibility index (Phi) is 6.14. The highest BCUT2D eigenvalue weighted by Crippen LogP contribution is 2.37.